The molecule has 0 bridgehead atoms. The minimum absolute atomic E-state index is 0. The molecule has 0 heterocycles. The fourth-order valence-electron chi connectivity index (χ4n) is 4.40. The number of hydrogen-bond donors (Lipinski definition) is 0. The second kappa shape index (κ2) is 13.3. The molecule has 0 aliphatic rings. The predicted molar refractivity (Wildman–Crippen MR) is 138 cm³/mol. The zero-order chi connectivity index (χ0) is 24.8. The molecule has 182 valence electrons. The summed E-state index contributed by atoms with van der Waals surface area (Å²) in [5, 5.41) is 3.73. The van der Waals surface area contributed by atoms with Gasteiger partial charge in [0.15, 0.2) is 5.78 Å². The molecule has 0 amide bonds. The molecule has 0 aliphatic carbocycles. The molecule has 2 unspecified atom stereocenters. The zero-order valence-electron chi connectivity index (χ0n) is 23.4. The quantitative estimate of drug-likeness (QED) is 0.156. The van der Waals surface area contributed by atoms with Crippen molar-refractivity contribution in [2.24, 2.45) is 17.3 Å². The number of nitrogens with zero attached hydrogens (tertiary/aromatic N) is 1. The van der Waals surface area contributed by atoms with Crippen LogP contribution in [0.2, 0.25) is 0 Å². The Hall–Kier alpha value is -1.86. The maximum absolute atomic E-state index is 13.8. The van der Waals surface area contributed by atoms with Gasteiger partial charge < -0.3 is 6.26 Å². The van der Waals surface area contributed by atoms with Crippen molar-refractivity contribution in [3.8, 4) is 0 Å². The van der Waals surface area contributed by atoms with Crippen molar-refractivity contribution in [1.29, 1.82) is 0 Å². The molecular weight excluding hydrogens is 417 g/mol. The van der Waals surface area contributed by atoms with E-state index in [-0.39, 0.29) is 38.2 Å². The summed E-state index contributed by atoms with van der Waals surface area (Å²) >= 11 is 0. The SMILES string of the molecule is C=CC(C)CCCC(C)(C)C(C(=O)ON(C(C)C)C(C)C)C(=O)c1ccc2ccccc2c1.[H-].[Li+]. The molecule has 0 aromatic heterocycles. The fourth-order valence-corrected chi connectivity index (χ4v) is 4.40. The first-order chi connectivity index (χ1) is 15.5. The van der Waals surface area contributed by atoms with Crippen LogP contribution in [0.1, 0.15) is 79.5 Å². The summed E-state index contributed by atoms with van der Waals surface area (Å²) < 4.78 is 0. The summed E-state index contributed by atoms with van der Waals surface area (Å²) in [7, 11) is 0. The average molecular weight is 460 g/mol. The van der Waals surface area contributed by atoms with Gasteiger partial charge in [-0.2, -0.15) is 0 Å². The summed E-state index contributed by atoms with van der Waals surface area (Å²) in [6.45, 7) is 17.9. The minimum Gasteiger partial charge on any atom is -1.00 e. The van der Waals surface area contributed by atoms with Crippen LogP contribution in [0.5, 0.6) is 0 Å². The van der Waals surface area contributed by atoms with Crippen molar-refractivity contribution in [3.63, 3.8) is 0 Å². The monoisotopic (exact) mass is 459 g/mol. The summed E-state index contributed by atoms with van der Waals surface area (Å²) in [6, 6.07) is 13.6. The van der Waals surface area contributed by atoms with E-state index >= 15 is 0 Å². The first kappa shape index (κ1) is 30.2. The number of rotatable bonds is 12. The molecule has 2 rings (SSSR count). The molecule has 0 saturated heterocycles. The van der Waals surface area contributed by atoms with E-state index in [0.717, 1.165) is 30.0 Å². The maximum atomic E-state index is 13.8. The van der Waals surface area contributed by atoms with Crippen LogP contribution in [0.25, 0.3) is 10.8 Å². The molecule has 4 nitrogen and oxygen atoms in total. The van der Waals surface area contributed by atoms with Gasteiger partial charge in [0.1, 0.15) is 5.92 Å². The van der Waals surface area contributed by atoms with Crippen LogP contribution in [0.4, 0.5) is 0 Å². The number of carbonyl (C=O) groups is 2. The van der Waals surface area contributed by atoms with Gasteiger partial charge in [0.05, 0.1) is 0 Å². The third-order valence-corrected chi connectivity index (χ3v) is 6.41. The van der Waals surface area contributed by atoms with Crippen molar-refractivity contribution in [1.82, 2.24) is 5.06 Å². The second-order valence-corrected chi connectivity index (χ2v) is 10.4. The Labute approximate surface area is 219 Å². The van der Waals surface area contributed by atoms with E-state index in [2.05, 4.69) is 13.5 Å². The van der Waals surface area contributed by atoms with Crippen molar-refractivity contribution >= 4 is 22.5 Å². The van der Waals surface area contributed by atoms with Crippen molar-refractivity contribution in [2.75, 3.05) is 0 Å². The molecule has 34 heavy (non-hydrogen) atoms. The molecule has 0 N–H and O–H groups in total. The largest absolute Gasteiger partial charge is 1.00 e. The van der Waals surface area contributed by atoms with Gasteiger partial charge in [0.2, 0.25) is 0 Å². The Morgan fingerprint density at radius 3 is 2.18 bits per heavy atom. The van der Waals surface area contributed by atoms with Gasteiger partial charge >= 0.3 is 24.8 Å². The van der Waals surface area contributed by atoms with Gasteiger partial charge in [-0.15, -0.1) is 11.6 Å². The number of allylic oxidation sites excluding steroid dienone is 1. The summed E-state index contributed by atoms with van der Waals surface area (Å²) in [6.07, 6.45) is 4.58. The van der Waals surface area contributed by atoms with E-state index in [9.17, 15) is 9.59 Å². The fraction of sp³-hybridized carbons (Fsp3) is 0.517. The number of fused-ring (bicyclic) bond motifs is 1. The Morgan fingerprint density at radius 1 is 1.03 bits per heavy atom. The first-order valence-electron chi connectivity index (χ1n) is 12.1. The van der Waals surface area contributed by atoms with Crippen LogP contribution in [0.15, 0.2) is 55.1 Å². The number of carbonyl (C=O) groups excluding carboxylic acids is 2. The van der Waals surface area contributed by atoms with Gasteiger partial charge in [0.25, 0.3) is 0 Å². The first-order valence-corrected chi connectivity index (χ1v) is 12.1. The molecule has 0 spiro atoms. The van der Waals surface area contributed by atoms with E-state index < -0.39 is 17.3 Å². The zero-order valence-corrected chi connectivity index (χ0v) is 22.4. The number of Topliss-reactive ketones (excluding diaryl/α,β-unsaturated/α-hetero) is 1. The topological polar surface area (TPSA) is 46.6 Å². The Kier molecular flexibility index (Phi) is 11.8. The summed E-state index contributed by atoms with van der Waals surface area (Å²) in [5.41, 5.74) is -0.0100. The maximum Gasteiger partial charge on any atom is 1.00 e. The minimum atomic E-state index is -0.891. The molecule has 5 heteroatoms. The van der Waals surface area contributed by atoms with Gasteiger partial charge in [-0.1, -0.05) is 69.7 Å². The van der Waals surface area contributed by atoms with Crippen LogP contribution < -0.4 is 18.9 Å². The number of hydroxylamine groups is 2. The second-order valence-electron chi connectivity index (χ2n) is 10.4. The number of benzene rings is 2. The summed E-state index contributed by atoms with van der Waals surface area (Å²) in [4.78, 5) is 33.2. The predicted octanol–water partition coefficient (Wildman–Crippen LogP) is 4.35. The summed E-state index contributed by atoms with van der Waals surface area (Å²) in [5.74, 6) is -1.14. The van der Waals surface area contributed by atoms with Crippen LogP contribution in [0, 0.1) is 17.3 Å². The van der Waals surface area contributed by atoms with Crippen LogP contribution in [0.3, 0.4) is 0 Å². The van der Waals surface area contributed by atoms with Gasteiger partial charge in [-0.3, -0.25) is 4.79 Å². The van der Waals surface area contributed by atoms with E-state index in [1.165, 1.54) is 0 Å². The number of ketones is 1. The normalized spacial score (nSPS) is 13.6. The molecule has 0 saturated carbocycles. The molecule has 0 radical (unpaired) electrons. The standard InChI is InChI=1S/C29H41NO3.Li.H/c1-9-22(6)13-12-18-29(7,8)26(28(32)33-30(20(2)3)21(4)5)27(31)25-17-16-23-14-10-11-15-24(23)19-25;;/h9-11,14-17,19-22,26H,1,12-13,18H2,2-8H3;;/q;+1;-1. The van der Waals surface area contributed by atoms with Gasteiger partial charge in [-0.05, 0) is 68.7 Å². The van der Waals surface area contributed by atoms with E-state index in [1.54, 1.807) is 5.06 Å². The third-order valence-electron chi connectivity index (χ3n) is 6.41. The van der Waals surface area contributed by atoms with E-state index in [1.807, 2.05) is 90.1 Å². The van der Waals surface area contributed by atoms with E-state index in [4.69, 9.17) is 4.84 Å². The molecule has 2 aromatic carbocycles. The van der Waals surface area contributed by atoms with Crippen molar-refractivity contribution in [2.45, 2.75) is 79.8 Å². The molecule has 2 aromatic rings. The Bertz CT molecular complexity index is 965. The van der Waals surface area contributed by atoms with Gasteiger partial charge in [-0.25, -0.2) is 4.79 Å². The Balaban J connectivity index is 0.00000578. The molecular formula is C29H42LiNO3. The number of hydrogen-bond acceptors (Lipinski definition) is 4. The van der Waals surface area contributed by atoms with Gasteiger partial charge in [0, 0.05) is 17.6 Å². The van der Waals surface area contributed by atoms with Crippen LogP contribution >= 0.6 is 0 Å². The third kappa shape index (κ3) is 7.84. The average Bonchev–Trinajstić information content (AvgIpc) is 2.76. The van der Waals surface area contributed by atoms with E-state index in [0.29, 0.717) is 11.5 Å². The Morgan fingerprint density at radius 2 is 1.62 bits per heavy atom. The van der Waals surface area contributed by atoms with Crippen LogP contribution in [-0.4, -0.2) is 28.9 Å². The van der Waals surface area contributed by atoms with Crippen LogP contribution in [-0.2, 0) is 9.63 Å². The molecule has 2 atom stereocenters. The van der Waals surface area contributed by atoms with Crippen molar-refractivity contribution < 1.29 is 34.7 Å². The smallest absolute Gasteiger partial charge is 1.00 e. The molecule has 0 fully saturated rings. The van der Waals surface area contributed by atoms with Crippen molar-refractivity contribution in [3.05, 3.63) is 60.7 Å². The molecule has 0 aliphatic heterocycles.